The van der Waals surface area contributed by atoms with Crippen molar-refractivity contribution in [3.8, 4) is 11.4 Å². The lowest BCUT2D eigenvalue weighted by atomic mass is 10.1. The summed E-state index contributed by atoms with van der Waals surface area (Å²) in [6.07, 6.45) is 3.02. The summed E-state index contributed by atoms with van der Waals surface area (Å²) in [5, 5.41) is 4.71. The summed E-state index contributed by atoms with van der Waals surface area (Å²) in [6, 6.07) is 10.9. The molecule has 0 aliphatic carbocycles. The summed E-state index contributed by atoms with van der Waals surface area (Å²) >= 11 is 6.12. The molecule has 0 N–H and O–H groups in total. The maximum Gasteiger partial charge on any atom is 0.258 e. The van der Waals surface area contributed by atoms with Crippen molar-refractivity contribution in [3.63, 3.8) is 0 Å². The van der Waals surface area contributed by atoms with Gasteiger partial charge in [0, 0.05) is 10.6 Å². The molecule has 0 spiro atoms. The third kappa shape index (κ3) is 2.93. The first-order chi connectivity index (χ1) is 12.5. The van der Waals surface area contributed by atoms with E-state index in [1.54, 1.807) is 40.2 Å². The van der Waals surface area contributed by atoms with Gasteiger partial charge in [-0.15, -0.1) is 0 Å². The Morgan fingerprint density at radius 3 is 2.81 bits per heavy atom. The minimum atomic E-state index is -0.0943. The molecule has 6 nitrogen and oxygen atoms in total. The second-order valence-corrected chi connectivity index (χ2v) is 6.73. The van der Waals surface area contributed by atoms with Crippen LogP contribution in [0.15, 0.2) is 49.1 Å². The van der Waals surface area contributed by atoms with Gasteiger partial charge < -0.3 is 9.64 Å². The summed E-state index contributed by atoms with van der Waals surface area (Å²) in [7, 11) is 0. The van der Waals surface area contributed by atoms with Crippen molar-refractivity contribution in [3.05, 3.63) is 65.2 Å². The monoisotopic (exact) mass is 368 g/mol. The summed E-state index contributed by atoms with van der Waals surface area (Å²) in [5.74, 6) is 0.578. The van der Waals surface area contributed by atoms with Gasteiger partial charge in [0.05, 0.1) is 17.9 Å². The lowest BCUT2D eigenvalue weighted by Gasteiger charge is -2.33. The third-order valence-electron chi connectivity index (χ3n) is 4.33. The van der Waals surface area contributed by atoms with Crippen LogP contribution in [0.5, 0.6) is 5.75 Å². The molecule has 1 aliphatic rings. The average molecular weight is 369 g/mol. The van der Waals surface area contributed by atoms with Crippen LogP contribution in [0, 0.1) is 6.92 Å². The van der Waals surface area contributed by atoms with E-state index in [2.05, 4.69) is 10.1 Å². The minimum Gasteiger partial charge on any atom is -0.487 e. The first kappa shape index (κ1) is 16.6. The molecule has 1 atom stereocenters. The fraction of sp³-hybridized carbons (Fsp3) is 0.211. The standard InChI is InChI=1S/C19H17ClN4O2/c1-12-7-14(3-5-16(12)24-11-21-10-22-24)19(25)23-9-13(2)26-18-6-4-15(20)8-17(18)23/h3-8,10-11,13H,9H2,1-2H3/t13-/m1/s1. The highest BCUT2D eigenvalue weighted by molar-refractivity contribution is 6.31. The molecule has 2 heterocycles. The van der Waals surface area contributed by atoms with E-state index in [0.717, 1.165) is 11.3 Å². The molecule has 132 valence electrons. The molecule has 7 heteroatoms. The number of hydrogen-bond acceptors (Lipinski definition) is 4. The maximum absolute atomic E-state index is 13.2. The maximum atomic E-state index is 13.2. The first-order valence-corrected chi connectivity index (χ1v) is 8.64. The Bertz CT molecular complexity index is 972. The number of carbonyl (C=O) groups excluding carboxylic acids is 1. The van der Waals surface area contributed by atoms with Crippen molar-refractivity contribution < 1.29 is 9.53 Å². The van der Waals surface area contributed by atoms with Crippen LogP contribution in [-0.4, -0.2) is 33.3 Å². The Morgan fingerprint density at radius 2 is 2.08 bits per heavy atom. The van der Waals surface area contributed by atoms with Crippen LogP contribution >= 0.6 is 11.6 Å². The number of ether oxygens (including phenoxy) is 1. The molecule has 1 aliphatic heterocycles. The van der Waals surface area contributed by atoms with E-state index >= 15 is 0 Å². The highest BCUT2D eigenvalue weighted by Gasteiger charge is 2.28. The van der Waals surface area contributed by atoms with Gasteiger partial charge in [0.15, 0.2) is 0 Å². The second-order valence-electron chi connectivity index (χ2n) is 6.30. The Balaban J connectivity index is 1.70. The molecule has 0 saturated carbocycles. The molecule has 2 aromatic carbocycles. The normalized spacial score (nSPS) is 16.1. The van der Waals surface area contributed by atoms with Gasteiger partial charge in [0.1, 0.15) is 24.5 Å². The molecule has 4 rings (SSSR count). The molecule has 0 radical (unpaired) electrons. The topological polar surface area (TPSA) is 60.2 Å². The van der Waals surface area contributed by atoms with Crippen molar-refractivity contribution in [2.45, 2.75) is 20.0 Å². The summed E-state index contributed by atoms with van der Waals surface area (Å²) in [5.41, 5.74) is 3.12. The number of rotatable bonds is 2. The van der Waals surface area contributed by atoms with Gasteiger partial charge in [-0.3, -0.25) is 4.79 Å². The van der Waals surface area contributed by atoms with Gasteiger partial charge in [-0.2, -0.15) is 5.10 Å². The number of anilines is 1. The molecule has 0 bridgehead atoms. The van der Waals surface area contributed by atoms with Crippen LogP contribution in [-0.2, 0) is 0 Å². The Kier molecular flexibility index (Phi) is 4.12. The third-order valence-corrected chi connectivity index (χ3v) is 4.57. The van der Waals surface area contributed by atoms with Gasteiger partial charge in [-0.25, -0.2) is 9.67 Å². The molecule has 0 saturated heterocycles. The van der Waals surface area contributed by atoms with E-state index < -0.39 is 0 Å². The van der Waals surface area contributed by atoms with E-state index in [1.165, 1.54) is 6.33 Å². The van der Waals surface area contributed by atoms with Crippen molar-refractivity contribution in [2.24, 2.45) is 0 Å². The van der Waals surface area contributed by atoms with Crippen LogP contribution < -0.4 is 9.64 Å². The van der Waals surface area contributed by atoms with E-state index in [9.17, 15) is 4.79 Å². The predicted octanol–water partition coefficient (Wildman–Crippen LogP) is 3.66. The molecule has 3 aromatic rings. The van der Waals surface area contributed by atoms with Gasteiger partial charge in [-0.05, 0) is 55.8 Å². The number of hydrogen-bond donors (Lipinski definition) is 0. The molecule has 26 heavy (non-hydrogen) atoms. The average Bonchev–Trinajstić information content (AvgIpc) is 3.15. The zero-order valence-corrected chi connectivity index (χ0v) is 15.1. The quantitative estimate of drug-likeness (QED) is 0.692. The Morgan fingerprint density at radius 1 is 1.23 bits per heavy atom. The fourth-order valence-corrected chi connectivity index (χ4v) is 3.30. The van der Waals surface area contributed by atoms with Crippen LogP contribution in [0.4, 0.5) is 5.69 Å². The number of fused-ring (bicyclic) bond motifs is 1. The SMILES string of the molecule is Cc1cc(C(=O)N2C[C@@H](C)Oc3ccc(Cl)cc32)ccc1-n1cncn1. The van der Waals surface area contributed by atoms with E-state index in [1.807, 2.05) is 26.0 Å². The predicted molar refractivity (Wildman–Crippen MR) is 99.3 cm³/mol. The van der Waals surface area contributed by atoms with Gasteiger partial charge >= 0.3 is 0 Å². The smallest absolute Gasteiger partial charge is 0.258 e. The first-order valence-electron chi connectivity index (χ1n) is 8.26. The number of nitrogens with zero attached hydrogens (tertiary/aromatic N) is 4. The zero-order valence-electron chi connectivity index (χ0n) is 14.4. The lowest BCUT2D eigenvalue weighted by Crippen LogP contribution is -2.42. The van der Waals surface area contributed by atoms with Crippen LogP contribution in [0.2, 0.25) is 5.02 Å². The molecular formula is C19H17ClN4O2. The van der Waals surface area contributed by atoms with E-state index in [4.69, 9.17) is 16.3 Å². The summed E-state index contributed by atoms with van der Waals surface area (Å²) in [6.45, 7) is 4.35. The number of benzene rings is 2. The molecule has 1 aromatic heterocycles. The number of halogens is 1. The molecule has 1 amide bonds. The Labute approximate surface area is 156 Å². The lowest BCUT2D eigenvalue weighted by molar-refractivity contribution is 0.0961. The largest absolute Gasteiger partial charge is 0.487 e. The zero-order chi connectivity index (χ0) is 18.3. The van der Waals surface area contributed by atoms with E-state index in [-0.39, 0.29) is 12.0 Å². The van der Waals surface area contributed by atoms with Gasteiger partial charge in [-0.1, -0.05) is 11.6 Å². The molecule has 0 unspecified atom stereocenters. The van der Waals surface area contributed by atoms with Crippen molar-refractivity contribution >= 4 is 23.2 Å². The van der Waals surface area contributed by atoms with Crippen molar-refractivity contribution in [1.29, 1.82) is 0 Å². The number of carbonyl (C=O) groups is 1. The highest BCUT2D eigenvalue weighted by Crippen LogP contribution is 2.36. The summed E-state index contributed by atoms with van der Waals surface area (Å²) < 4.78 is 7.50. The summed E-state index contributed by atoms with van der Waals surface area (Å²) in [4.78, 5) is 18.8. The molecule has 0 fully saturated rings. The number of aryl methyl sites for hydroxylation is 1. The minimum absolute atomic E-state index is 0.0862. The Hall–Kier alpha value is -2.86. The highest BCUT2D eigenvalue weighted by atomic mass is 35.5. The van der Waals surface area contributed by atoms with Crippen LogP contribution in [0.1, 0.15) is 22.8 Å². The number of amides is 1. The molecular weight excluding hydrogens is 352 g/mol. The van der Waals surface area contributed by atoms with Gasteiger partial charge in [0.2, 0.25) is 0 Å². The fourth-order valence-electron chi connectivity index (χ4n) is 3.14. The van der Waals surface area contributed by atoms with E-state index in [0.29, 0.717) is 28.6 Å². The number of aromatic nitrogens is 3. The second kappa shape index (κ2) is 6.46. The van der Waals surface area contributed by atoms with Crippen LogP contribution in [0.25, 0.3) is 5.69 Å². The van der Waals surface area contributed by atoms with Crippen LogP contribution in [0.3, 0.4) is 0 Å². The van der Waals surface area contributed by atoms with Gasteiger partial charge in [0.25, 0.3) is 5.91 Å². The van der Waals surface area contributed by atoms with Crippen molar-refractivity contribution in [2.75, 3.05) is 11.4 Å². The van der Waals surface area contributed by atoms with Crippen molar-refractivity contribution in [1.82, 2.24) is 14.8 Å².